The first-order valence-corrected chi connectivity index (χ1v) is 5.76. The van der Waals surface area contributed by atoms with Crippen molar-refractivity contribution in [2.75, 3.05) is 14.2 Å². The summed E-state index contributed by atoms with van der Waals surface area (Å²) in [4.78, 5) is 11.8. The summed E-state index contributed by atoms with van der Waals surface area (Å²) in [7, 11) is 2.88. The Hall–Kier alpha value is -1.97. The highest BCUT2D eigenvalue weighted by molar-refractivity contribution is 6.18. The first-order chi connectivity index (χ1) is 8.58. The maximum absolute atomic E-state index is 11.8. The number of hydrogen-bond donors (Lipinski definition) is 1. The molecule has 0 bridgehead atoms. The lowest BCUT2D eigenvalue weighted by Crippen LogP contribution is -2.14. The largest absolute Gasteiger partial charge is 0.511 e. The molecule has 1 aromatic rings. The molecule has 0 fully saturated rings. The molecule has 1 N–H and O–H groups in total. The number of carbonyl (C=O) groups excluding carboxylic acids is 1. The molecule has 0 saturated carbocycles. The molecule has 0 radical (unpaired) electrons. The molecule has 4 heteroatoms. The van der Waals surface area contributed by atoms with Crippen molar-refractivity contribution in [3.63, 3.8) is 0 Å². The van der Waals surface area contributed by atoms with Crippen LogP contribution in [0, 0.1) is 6.92 Å². The number of esters is 1. The zero-order chi connectivity index (χ0) is 13.3. The average Bonchev–Trinajstić information content (AvgIpc) is 2.37. The monoisotopic (exact) mass is 248 g/mol. The number of allylic oxidation sites excluding steroid dienone is 1. The van der Waals surface area contributed by atoms with Gasteiger partial charge in [-0.3, -0.25) is 0 Å². The maximum atomic E-state index is 11.8. The van der Waals surface area contributed by atoms with E-state index in [1.54, 1.807) is 13.2 Å². The summed E-state index contributed by atoms with van der Waals surface area (Å²) in [6, 6.07) is 3.69. The van der Waals surface area contributed by atoms with E-state index >= 15 is 0 Å². The van der Waals surface area contributed by atoms with Gasteiger partial charge in [-0.2, -0.15) is 0 Å². The van der Waals surface area contributed by atoms with Gasteiger partial charge in [-0.15, -0.1) is 0 Å². The lowest BCUT2D eigenvalue weighted by atomic mass is 9.86. The van der Waals surface area contributed by atoms with Gasteiger partial charge < -0.3 is 14.6 Å². The van der Waals surface area contributed by atoms with E-state index in [1.165, 1.54) is 7.11 Å². The molecule has 2 rings (SSSR count). The van der Waals surface area contributed by atoms with Crippen molar-refractivity contribution < 1.29 is 19.4 Å². The predicted molar refractivity (Wildman–Crippen MR) is 67.6 cm³/mol. The Labute approximate surface area is 106 Å². The normalized spacial score (nSPS) is 14.2. The number of fused-ring (bicyclic) bond motifs is 1. The Morgan fingerprint density at radius 2 is 2.00 bits per heavy atom. The Kier molecular flexibility index (Phi) is 3.28. The van der Waals surface area contributed by atoms with E-state index in [0.29, 0.717) is 17.7 Å². The molecule has 1 aliphatic rings. The van der Waals surface area contributed by atoms with Crippen LogP contribution in [0.2, 0.25) is 0 Å². The van der Waals surface area contributed by atoms with Crippen molar-refractivity contribution in [2.24, 2.45) is 0 Å². The van der Waals surface area contributed by atoms with E-state index in [1.807, 2.05) is 13.0 Å². The van der Waals surface area contributed by atoms with E-state index < -0.39 is 5.97 Å². The van der Waals surface area contributed by atoms with E-state index in [-0.39, 0.29) is 11.3 Å². The predicted octanol–water partition coefficient (Wildman–Crippen LogP) is 2.39. The third kappa shape index (κ3) is 1.94. The summed E-state index contributed by atoms with van der Waals surface area (Å²) in [5, 5.41) is 9.91. The second-order valence-corrected chi connectivity index (χ2v) is 4.28. The second-order valence-electron chi connectivity index (χ2n) is 4.28. The first-order valence-electron chi connectivity index (χ1n) is 5.76. The fourth-order valence-corrected chi connectivity index (χ4v) is 2.31. The maximum Gasteiger partial charge on any atom is 0.341 e. The van der Waals surface area contributed by atoms with E-state index in [9.17, 15) is 9.90 Å². The molecule has 1 aromatic carbocycles. The van der Waals surface area contributed by atoms with Crippen LogP contribution in [0.1, 0.15) is 23.1 Å². The SMILES string of the molecule is COC(=O)C1=C(O)CCc2c(C)cc(OC)cc21. The highest BCUT2D eigenvalue weighted by Crippen LogP contribution is 2.35. The van der Waals surface area contributed by atoms with Crippen LogP contribution in [0.5, 0.6) is 5.75 Å². The van der Waals surface area contributed by atoms with Gasteiger partial charge in [0.1, 0.15) is 17.1 Å². The van der Waals surface area contributed by atoms with Gasteiger partial charge in [-0.05, 0) is 42.2 Å². The van der Waals surface area contributed by atoms with E-state index in [4.69, 9.17) is 9.47 Å². The number of ether oxygens (including phenoxy) is 2. The number of benzene rings is 1. The second kappa shape index (κ2) is 4.72. The number of methoxy groups -OCH3 is 2. The molecule has 0 heterocycles. The number of aryl methyl sites for hydroxylation is 1. The van der Waals surface area contributed by atoms with Gasteiger partial charge in [-0.1, -0.05) is 0 Å². The number of hydrogen-bond acceptors (Lipinski definition) is 4. The molecule has 0 atom stereocenters. The fraction of sp³-hybridized carbons (Fsp3) is 0.357. The third-order valence-corrected chi connectivity index (χ3v) is 3.24. The van der Waals surface area contributed by atoms with Crippen LogP contribution >= 0.6 is 0 Å². The molecule has 1 aliphatic carbocycles. The minimum absolute atomic E-state index is 0.0852. The minimum Gasteiger partial charge on any atom is -0.511 e. The van der Waals surface area contributed by atoms with Crippen LogP contribution in [-0.2, 0) is 16.0 Å². The highest BCUT2D eigenvalue weighted by Gasteiger charge is 2.26. The van der Waals surface area contributed by atoms with Gasteiger partial charge in [-0.25, -0.2) is 4.79 Å². The first kappa shape index (κ1) is 12.5. The van der Waals surface area contributed by atoms with E-state index in [2.05, 4.69) is 0 Å². The molecule has 18 heavy (non-hydrogen) atoms. The summed E-state index contributed by atoms with van der Waals surface area (Å²) >= 11 is 0. The van der Waals surface area contributed by atoms with Gasteiger partial charge in [0.05, 0.1) is 14.2 Å². The Morgan fingerprint density at radius 1 is 1.28 bits per heavy atom. The summed E-state index contributed by atoms with van der Waals surface area (Å²) in [5.41, 5.74) is 3.08. The molecule has 4 nitrogen and oxygen atoms in total. The number of rotatable bonds is 2. The Morgan fingerprint density at radius 3 is 2.61 bits per heavy atom. The topological polar surface area (TPSA) is 55.8 Å². The van der Waals surface area contributed by atoms with Crippen molar-refractivity contribution in [1.82, 2.24) is 0 Å². The van der Waals surface area contributed by atoms with Crippen molar-refractivity contribution >= 4 is 11.5 Å². The minimum atomic E-state index is -0.513. The summed E-state index contributed by atoms with van der Waals surface area (Å²) in [6.07, 6.45) is 1.18. The Balaban J connectivity index is 2.64. The molecule has 0 aliphatic heterocycles. The van der Waals surface area contributed by atoms with Gasteiger partial charge >= 0.3 is 5.97 Å². The van der Waals surface area contributed by atoms with Crippen LogP contribution in [0.15, 0.2) is 17.9 Å². The smallest absolute Gasteiger partial charge is 0.341 e. The summed E-state index contributed by atoms with van der Waals surface area (Å²) in [6.45, 7) is 1.97. The van der Waals surface area contributed by atoms with Gasteiger partial charge in [0.25, 0.3) is 0 Å². The van der Waals surface area contributed by atoms with Crippen LogP contribution in [-0.4, -0.2) is 25.3 Å². The lowest BCUT2D eigenvalue weighted by molar-refractivity contribution is -0.133. The molecular formula is C14H16O4. The molecule has 0 amide bonds. The average molecular weight is 248 g/mol. The van der Waals surface area contributed by atoms with Gasteiger partial charge in [0, 0.05) is 6.42 Å². The van der Waals surface area contributed by atoms with Crippen molar-refractivity contribution in [1.29, 1.82) is 0 Å². The van der Waals surface area contributed by atoms with Gasteiger partial charge in [0.2, 0.25) is 0 Å². The lowest BCUT2D eigenvalue weighted by Gasteiger charge is -2.21. The molecule has 0 saturated heterocycles. The van der Waals surface area contributed by atoms with Crippen molar-refractivity contribution in [2.45, 2.75) is 19.8 Å². The number of aliphatic hydroxyl groups excluding tert-OH is 1. The highest BCUT2D eigenvalue weighted by atomic mass is 16.5. The van der Waals surface area contributed by atoms with Crippen LogP contribution in [0.3, 0.4) is 0 Å². The van der Waals surface area contributed by atoms with Crippen LogP contribution < -0.4 is 4.74 Å². The van der Waals surface area contributed by atoms with Crippen molar-refractivity contribution in [3.8, 4) is 5.75 Å². The Bertz CT molecular complexity index is 529. The van der Waals surface area contributed by atoms with Crippen LogP contribution in [0.25, 0.3) is 5.57 Å². The quantitative estimate of drug-likeness (QED) is 0.816. The molecule has 96 valence electrons. The molecule has 0 spiro atoms. The zero-order valence-electron chi connectivity index (χ0n) is 10.7. The number of aliphatic hydroxyl groups is 1. The zero-order valence-corrected chi connectivity index (χ0v) is 10.7. The standard InChI is InChI=1S/C14H16O4/c1-8-6-9(17-2)7-11-10(8)4-5-12(15)13(11)14(16)18-3/h6-7,15H,4-5H2,1-3H3. The van der Waals surface area contributed by atoms with E-state index in [0.717, 1.165) is 17.5 Å². The molecular weight excluding hydrogens is 232 g/mol. The number of carbonyl (C=O) groups is 1. The third-order valence-electron chi connectivity index (χ3n) is 3.24. The van der Waals surface area contributed by atoms with Crippen LogP contribution in [0.4, 0.5) is 0 Å². The molecule has 0 unspecified atom stereocenters. The van der Waals surface area contributed by atoms with Crippen molar-refractivity contribution in [3.05, 3.63) is 34.6 Å². The summed E-state index contributed by atoms with van der Waals surface area (Å²) in [5.74, 6) is 0.241. The fourth-order valence-electron chi connectivity index (χ4n) is 2.31. The summed E-state index contributed by atoms with van der Waals surface area (Å²) < 4.78 is 9.93. The van der Waals surface area contributed by atoms with Gasteiger partial charge in [0.15, 0.2) is 0 Å². The molecule has 0 aromatic heterocycles.